The molecule has 0 aromatic rings. The van der Waals surface area contributed by atoms with Crippen molar-refractivity contribution < 1.29 is 0 Å². The second-order valence-corrected chi connectivity index (χ2v) is 4.14. The first kappa shape index (κ1) is 12.0. The van der Waals surface area contributed by atoms with Crippen LogP contribution < -0.4 is 0 Å². The van der Waals surface area contributed by atoms with E-state index in [0.717, 1.165) is 12.5 Å². The highest BCUT2D eigenvalue weighted by Gasteiger charge is 1.92. The standard InChI is InChI=1S/C7H16.C3H5NS/c1-4-6-7(3)5-2;1-2-5-3-4-1/h7H,4-6H2,1-3H3;3H,1-2H2. The Morgan fingerprint density at radius 1 is 1.50 bits per heavy atom. The van der Waals surface area contributed by atoms with Gasteiger partial charge in [0.05, 0.1) is 5.55 Å². The van der Waals surface area contributed by atoms with E-state index in [1.165, 1.54) is 25.0 Å². The van der Waals surface area contributed by atoms with E-state index >= 15 is 0 Å². The van der Waals surface area contributed by atoms with E-state index in [-0.39, 0.29) is 0 Å². The van der Waals surface area contributed by atoms with Gasteiger partial charge in [0.25, 0.3) is 0 Å². The van der Waals surface area contributed by atoms with Crippen molar-refractivity contribution in [3.8, 4) is 0 Å². The molecule has 1 aliphatic heterocycles. The summed E-state index contributed by atoms with van der Waals surface area (Å²) in [6, 6.07) is 0. The van der Waals surface area contributed by atoms with Crippen LogP contribution in [0, 0.1) is 5.92 Å². The molecule has 0 fully saturated rings. The van der Waals surface area contributed by atoms with Gasteiger partial charge in [0, 0.05) is 12.3 Å². The van der Waals surface area contributed by atoms with Crippen LogP contribution in [0.1, 0.15) is 40.0 Å². The Hall–Kier alpha value is 0.0200. The molecule has 12 heavy (non-hydrogen) atoms. The van der Waals surface area contributed by atoms with Gasteiger partial charge in [-0.3, -0.25) is 4.99 Å². The van der Waals surface area contributed by atoms with Crippen molar-refractivity contribution in [1.82, 2.24) is 0 Å². The zero-order chi connectivity index (χ0) is 9.23. The maximum absolute atomic E-state index is 3.92. The van der Waals surface area contributed by atoms with Gasteiger partial charge in [0.2, 0.25) is 0 Å². The first-order chi connectivity index (χ1) is 5.81. The molecule has 0 aliphatic carbocycles. The fraction of sp³-hybridized carbons (Fsp3) is 0.900. The lowest BCUT2D eigenvalue weighted by atomic mass is 10.0. The molecule has 0 aromatic carbocycles. The first-order valence-electron chi connectivity index (χ1n) is 4.91. The Kier molecular flexibility index (Phi) is 9.13. The van der Waals surface area contributed by atoms with Crippen LogP contribution in [0.4, 0.5) is 0 Å². The van der Waals surface area contributed by atoms with E-state index in [0.29, 0.717) is 0 Å². The lowest BCUT2D eigenvalue weighted by Crippen LogP contribution is -1.88. The molecule has 1 heterocycles. The molecule has 1 atom stereocenters. The second kappa shape index (κ2) is 9.11. The maximum atomic E-state index is 3.92. The van der Waals surface area contributed by atoms with Crippen molar-refractivity contribution in [3.63, 3.8) is 0 Å². The molecule has 0 amide bonds. The summed E-state index contributed by atoms with van der Waals surface area (Å²) in [6.07, 6.45) is 4.08. The lowest BCUT2D eigenvalue weighted by Gasteiger charge is -2.02. The normalized spacial score (nSPS) is 16.9. The molecule has 0 bridgehead atoms. The smallest absolute Gasteiger partial charge is 0.0542 e. The number of nitrogens with zero attached hydrogens (tertiary/aromatic N) is 1. The Labute approximate surface area is 81.0 Å². The van der Waals surface area contributed by atoms with Gasteiger partial charge in [-0.15, -0.1) is 11.8 Å². The summed E-state index contributed by atoms with van der Waals surface area (Å²) in [6.45, 7) is 7.83. The van der Waals surface area contributed by atoms with E-state index in [9.17, 15) is 0 Å². The average Bonchev–Trinajstić information content (AvgIpc) is 2.62. The molecule has 0 saturated heterocycles. The zero-order valence-corrected chi connectivity index (χ0v) is 9.36. The van der Waals surface area contributed by atoms with Crippen molar-refractivity contribution in [2.75, 3.05) is 12.3 Å². The minimum Gasteiger partial charge on any atom is -0.285 e. The van der Waals surface area contributed by atoms with Gasteiger partial charge >= 0.3 is 0 Å². The van der Waals surface area contributed by atoms with Gasteiger partial charge in [-0.1, -0.05) is 40.0 Å². The van der Waals surface area contributed by atoms with E-state index in [2.05, 4.69) is 25.8 Å². The van der Waals surface area contributed by atoms with Gasteiger partial charge in [-0.25, -0.2) is 0 Å². The summed E-state index contributed by atoms with van der Waals surface area (Å²) >= 11 is 1.78. The third-order valence-corrected chi connectivity index (χ3v) is 2.68. The summed E-state index contributed by atoms with van der Waals surface area (Å²) < 4.78 is 0. The lowest BCUT2D eigenvalue weighted by molar-refractivity contribution is 0.509. The Morgan fingerprint density at radius 3 is 2.42 bits per heavy atom. The quantitative estimate of drug-likeness (QED) is 0.657. The van der Waals surface area contributed by atoms with E-state index in [1.807, 2.05) is 5.55 Å². The maximum Gasteiger partial charge on any atom is 0.0542 e. The van der Waals surface area contributed by atoms with Crippen molar-refractivity contribution in [1.29, 1.82) is 0 Å². The Morgan fingerprint density at radius 2 is 2.25 bits per heavy atom. The molecule has 72 valence electrons. The Bertz CT molecular complexity index is 106. The highest BCUT2D eigenvalue weighted by molar-refractivity contribution is 8.12. The summed E-state index contributed by atoms with van der Waals surface area (Å²) in [4.78, 5) is 3.92. The van der Waals surface area contributed by atoms with E-state index in [1.54, 1.807) is 11.8 Å². The summed E-state index contributed by atoms with van der Waals surface area (Å²) in [7, 11) is 0. The fourth-order valence-corrected chi connectivity index (χ4v) is 1.49. The molecular formula is C10H21NS. The van der Waals surface area contributed by atoms with Crippen LogP contribution in [0.5, 0.6) is 0 Å². The van der Waals surface area contributed by atoms with Gasteiger partial charge < -0.3 is 0 Å². The van der Waals surface area contributed by atoms with Crippen LogP contribution in [-0.2, 0) is 0 Å². The molecule has 0 spiro atoms. The molecule has 0 saturated carbocycles. The summed E-state index contributed by atoms with van der Waals surface area (Å²) in [5.41, 5.74) is 1.90. The topological polar surface area (TPSA) is 12.4 Å². The molecule has 0 radical (unpaired) electrons. The van der Waals surface area contributed by atoms with Gasteiger partial charge in [0.1, 0.15) is 0 Å². The Balaban J connectivity index is 0.000000211. The highest BCUT2D eigenvalue weighted by Crippen LogP contribution is 2.07. The molecular weight excluding hydrogens is 166 g/mol. The number of hydrogen-bond acceptors (Lipinski definition) is 2. The van der Waals surface area contributed by atoms with Gasteiger partial charge in [-0.05, 0) is 5.92 Å². The number of rotatable bonds is 3. The SMILES string of the molecule is C1=NCCS1.CCCC(C)CC. The van der Waals surface area contributed by atoms with Crippen molar-refractivity contribution in [2.45, 2.75) is 40.0 Å². The van der Waals surface area contributed by atoms with E-state index in [4.69, 9.17) is 0 Å². The molecule has 1 aliphatic rings. The van der Waals surface area contributed by atoms with Crippen LogP contribution in [0.25, 0.3) is 0 Å². The minimum absolute atomic E-state index is 0.949. The molecule has 1 nitrogen and oxygen atoms in total. The number of thioether (sulfide) groups is 1. The van der Waals surface area contributed by atoms with Gasteiger partial charge in [0.15, 0.2) is 0 Å². The predicted molar refractivity (Wildman–Crippen MR) is 60.2 cm³/mol. The molecule has 0 N–H and O–H groups in total. The minimum atomic E-state index is 0.949. The number of aliphatic imine (C=N–C) groups is 1. The van der Waals surface area contributed by atoms with Crippen LogP contribution >= 0.6 is 11.8 Å². The third-order valence-electron chi connectivity index (χ3n) is 1.97. The molecule has 1 rings (SSSR count). The van der Waals surface area contributed by atoms with Crippen LogP contribution in [0.3, 0.4) is 0 Å². The second-order valence-electron chi connectivity index (χ2n) is 3.18. The van der Waals surface area contributed by atoms with Crippen molar-refractivity contribution in [3.05, 3.63) is 0 Å². The third kappa shape index (κ3) is 8.12. The van der Waals surface area contributed by atoms with Crippen molar-refractivity contribution >= 4 is 17.3 Å². The molecule has 1 unspecified atom stereocenters. The zero-order valence-electron chi connectivity index (χ0n) is 8.55. The largest absolute Gasteiger partial charge is 0.285 e. The van der Waals surface area contributed by atoms with Gasteiger partial charge in [-0.2, -0.15) is 0 Å². The first-order valence-corrected chi connectivity index (χ1v) is 5.96. The summed E-state index contributed by atoms with van der Waals surface area (Å²) in [5, 5.41) is 0. The average molecular weight is 187 g/mol. The molecule has 2 heteroatoms. The van der Waals surface area contributed by atoms with E-state index < -0.39 is 0 Å². The predicted octanol–water partition coefficient (Wildman–Crippen LogP) is 3.59. The van der Waals surface area contributed by atoms with Crippen LogP contribution in [0.15, 0.2) is 4.99 Å². The van der Waals surface area contributed by atoms with Crippen LogP contribution in [-0.4, -0.2) is 17.8 Å². The van der Waals surface area contributed by atoms with Crippen molar-refractivity contribution in [2.24, 2.45) is 10.9 Å². The molecule has 0 aromatic heterocycles. The highest BCUT2D eigenvalue weighted by atomic mass is 32.2. The fourth-order valence-electron chi connectivity index (χ4n) is 0.960. The van der Waals surface area contributed by atoms with Crippen LogP contribution in [0.2, 0.25) is 0 Å². The number of hydrogen-bond donors (Lipinski definition) is 0. The summed E-state index contributed by atoms with van der Waals surface area (Å²) in [5.74, 6) is 2.14. The monoisotopic (exact) mass is 187 g/mol.